The maximum atomic E-state index is 11.8. The van der Waals surface area contributed by atoms with Gasteiger partial charge in [0, 0.05) is 5.56 Å². The van der Waals surface area contributed by atoms with Gasteiger partial charge in [0.2, 0.25) is 0 Å². The molecule has 0 bridgehead atoms. The minimum absolute atomic E-state index is 0.0598. The van der Waals surface area contributed by atoms with Gasteiger partial charge < -0.3 is 14.9 Å². The minimum Gasteiger partial charge on any atom is -0.507 e. The first kappa shape index (κ1) is 14.0. The molecule has 0 unspecified atom stereocenters. The van der Waals surface area contributed by atoms with Crippen LogP contribution in [0.15, 0.2) is 6.07 Å². The van der Waals surface area contributed by atoms with Crippen LogP contribution in [0.5, 0.6) is 11.5 Å². The molecule has 18 heavy (non-hydrogen) atoms. The van der Waals surface area contributed by atoms with Crippen LogP contribution in [0.4, 0.5) is 0 Å². The Bertz CT molecular complexity index is 491. The van der Waals surface area contributed by atoms with Crippen LogP contribution in [0.2, 0.25) is 0 Å². The van der Waals surface area contributed by atoms with Crippen molar-refractivity contribution in [3.8, 4) is 11.5 Å². The van der Waals surface area contributed by atoms with Gasteiger partial charge in [-0.25, -0.2) is 4.79 Å². The molecule has 5 nitrogen and oxygen atoms in total. The van der Waals surface area contributed by atoms with Crippen LogP contribution < -0.4 is 0 Å². The molecule has 0 aliphatic carbocycles. The smallest absolute Gasteiger partial charge is 0.379 e. The van der Waals surface area contributed by atoms with Gasteiger partial charge in [0.05, 0.1) is 12.2 Å². The first-order chi connectivity index (χ1) is 8.43. The van der Waals surface area contributed by atoms with Crippen molar-refractivity contribution in [2.75, 3.05) is 6.61 Å². The molecule has 0 saturated carbocycles. The zero-order valence-corrected chi connectivity index (χ0v) is 10.6. The van der Waals surface area contributed by atoms with E-state index in [1.54, 1.807) is 20.8 Å². The minimum atomic E-state index is -1.01. The number of benzene rings is 1. The summed E-state index contributed by atoms with van der Waals surface area (Å²) in [6.07, 6.45) is 0.350. The Morgan fingerprint density at radius 3 is 2.33 bits per heavy atom. The van der Waals surface area contributed by atoms with Gasteiger partial charge in [0.25, 0.3) is 5.78 Å². The molecule has 0 aromatic heterocycles. The van der Waals surface area contributed by atoms with Crippen LogP contribution in [-0.2, 0) is 16.0 Å². The van der Waals surface area contributed by atoms with E-state index in [1.807, 2.05) is 0 Å². The van der Waals surface area contributed by atoms with Crippen molar-refractivity contribution < 1.29 is 24.5 Å². The Kier molecular flexibility index (Phi) is 4.31. The predicted octanol–water partition coefficient (Wildman–Crippen LogP) is 1.71. The van der Waals surface area contributed by atoms with Crippen molar-refractivity contribution in [2.45, 2.75) is 27.2 Å². The van der Waals surface area contributed by atoms with E-state index in [9.17, 15) is 19.8 Å². The SMILES string of the molecule is CCOC(=O)C(=O)c1cc(C)c(O)c(CC)c1O. The van der Waals surface area contributed by atoms with Crippen molar-refractivity contribution in [1.82, 2.24) is 0 Å². The summed E-state index contributed by atoms with van der Waals surface area (Å²) in [6.45, 7) is 5.00. The van der Waals surface area contributed by atoms with E-state index in [2.05, 4.69) is 4.74 Å². The molecule has 1 aromatic carbocycles. The van der Waals surface area contributed by atoms with Crippen molar-refractivity contribution in [3.63, 3.8) is 0 Å². The lowest BCUT2D eigenvalue weighted by atomic mass is 9.98. The van der Waals surface area contributed by atoms with Gasteiger partial charge in [-0.05, 0) is 31.9 Å². The number of phenolic OH excluding ortho intramolecular Hbond substituents is 2. The van der Waals surface area contributed by atoms with Crippen molar-refractivity contribution in [1.29, 1.82) is 0 Å². The van der Waals surface area contributed by atoms with Crippen molar-refractivity contribution in [3.05, 3.63) is 22.8 Å². The quantitative estimate of drug-likeness (QED) is 0.484. The lowest BCUT2D eigenvalue weighted by Crippen LogP contribution is -2.18. The van der Waals surface area contributed by atoms with E-state index < -0.39 is 11.8 Å². The normalized spacial score (nSPS) is 10.2. The fourth-order valence-corrected chi connectivity index (χ4v) is 1.68. The molecule has 0 heterocycles. The molecular formula is C13H16O5. The summed E-state index contributed by atoms with van der Waals surface area (Å²) in [5.74, 6) is -2.35. The Hall–Kier alpha value is -2.04. The Morgan fingerprint density at radius 2 is 1.83 bits per heavy atom. The average molecular weight is 252 g/mol. The molecule has 98 valence electrons. The van der Waals surface area contributed by atoms with Gasteiger partial charge in [-0.15, -0.1) is 0 Å². The van der Waals surface area contributed by atoms with E-state index in [0.717, 1.165) is 0 Å². The van der Waals surface area contributed by atoms with E-state index in [0.29, 0.717) is 12.0 Å². The lowest BCUT2D eigenvalue weighted by molar-refractivity contribution is -0.137. The molecule has 0 spiro atoms. The van der Waals surface area contributed by atoms with Gasteiger partial charge >= 0.3 is 5.97 Å². The number of hydrogen-bond acceptors (Lipinski definition) is 5. The fourth-order valence-electron chi connectivity index (χ4n) is 1.68. The number of rotatable bonds is 4. The predicted molar refractivity (Wildman–Crippen MR) is 64.9 cm³/mol. The molecular weight excluding hydrogens is 236 g/mol. The highest BCUT2D eigenvalue weighted by atomic mass is 16.5. The van der Waals surface area contributed by atoms with E-state index in [-0.39, 0.29) is 29.2 Å². The second-order valence-corrected chi connectivity index (χ2v) is 3.82. The number of phenols is 2. The summed E-state index contributed by atoms with van der Waals surface area (Å²) in [6, 6.07) is 1.28. The highest BCUT2D eigenvalue weighted by molar-refractivity contribution is 6.41. The highest BCUT2D eigenvalue weighted by Gasteiger charge is 2.24. The third kappa shape index (κ3) is 2.45. The van der Waals surface area contributed by atoms with Crippen LogP contribution in [0.1, 0.15) is 35.3 Å². The average Bonchev–Trinajstić information content (AvgIpc) is 2.34. The molecule has 1 rings (SSSR count). The number of aromatic hydroxyl groups is 2. The number of aryl methyl sites for hydroxylation is 1. The van der Waals surface area contributed by atoms with Crippen LogP contribution in [-0.4, -0.2) is 28.6 Å². The van der Waals surface area contributed by atoms with Gasteiger partial charge in [0.1, 0.15) is 11.5 Å². The number of carbonyl (C=O) groups is 2. The monoisotopic (exact) mass is 252 g/mol. The second-order valence-electron chi connectivity index (χ2n) is 3.82. The van der Waals surface area contributed by atoms with Crippen LogP contribution in [0.3, 0.4) is 0 Å². The van der Waals surface area contributed by atoms with E-state index >= 15 is 0 Å². The number of ketones is 1. The Labute approximate surface area is 105 Å². The van der Waals surface area contributed by atoms with Gasteiger partial charge in [-0.2, -0.15) is 0 Å². The highest BCUT2D eigenvalue weighted by Crippen LogP contribution is 2.34. The largest absolute Gasteiger partial charge is 0.507 e. The summed E-state index contributed by atoms with van der Waals surface area (Å²) in [7, 11) is 0. The van der Waals surface area contributed by atoms with Crippen LogP contribution >= 0.6 is 0 Å². The molecule has 0 amide bonds. The van der Waals surface area contributed by atoms with Gasteiger partial charge in [-0.1, -0.05) is 6.92 Å². The second kappa shape index (κ2) is 5.53. The van der Waals surface area contributed by atoms with Gasteiger partial charge in [0.15, 0.2) is 0 Å². The number of hydrogen-bond donors (Lipinski definition) is 2. The first-order valence-corrected chi connectivity index (χ1v) is 5.69. The summed E-state index contributed by atoms with van der Waals surface area (Å²) in [5, 5.41) is 19.6. The van der Waals surface area contributed by atoms with E-state index in [4.69, 9.17) is 0 Å². The van der Waals surface area contributed by atoms with E-state index in [1.165, 1.54) is 6.07 Å². The summed E-state index contributed by atoms with van der Waals surface area (Å²) in [4.78, 5) is 23.1. The molecule has 0 fully saturated rings. The zero-order valence-electron chi connectivity index (χ0n) is 10.6. The first-order valence-electron chi connectivity index (χ1n) is 5.69. The number of esters is 1. The number of ether oxygens (including phenoxy) is 1. The summed E-state index contributed by atoms with van der Waals surface area (Å²) < 4.78 is 4.59. The molecule has 0 saturated heterocycles. The molecule has 5 heteroatoms. The van der Waals surface area contributed by atoms with Crippen molar-refractivity contribution in [2.24, 2.45) is 0 Å². The molecule has 0 aliphatic rings. The molecule has 1 aromatic rings. The summed E-state index contributed by atoms with van der Waals surface area (Å²) >= 11 is 0. The Balaban J connectivity index is 3.30. The molecule has 0 atom stereocenters. The molecule has 2 N–H and O–H groups in total. The number of Topliss-reactive ketones (excluding diaryl/α,β-unsaturated/α-hetero) is 1. The maximum Gasteiger partial charge on any atom is 0.379 e. The Morgan fingerprint density at radius 1 is 1.22 bits per heavy atom. The maximum absolute atomic E-state index is 11.8. The standard InChI is InChI=1S/C13H16O5/c1-4-8-10(14)7(3)6-9(11(8)15)12(16)13(17)18-5-2/h6,14-15H,4-5H2,1-3H3. The molecule has 0 radical (unpaired) electrons. The van der Waals surface area contributed by atoms with Crippen molar-refractivity contribution >= 4 is 11.8 Å². The third-order valence-electron chi connectivity index (χ3n) is 2.62. The van der Waals surface area contributed by atoms with Crippen LogP contribution in [0, 0.1) is 6.92 Å². The molecule has 0 aliphatic heterocycles. The summed E-state index contributed by atoms with van der Waals surface area (Å²) in [5.41, 5.74) is 0.542. The topological polar surface area (TPSA) is 83.8 Å². The van der Waals surface area contributed by atoms with Gasteiger partial charge in [-0.3, -0.25) is 4.79 Å². The zero-order chi connectivity index (χ0) is 13.9. The number of carbonyl (C=O) groups excluding carboxylic acids is 2. The third-order valence-corrected chi connectivity index (χ3v) is 2.62. The van der Waals surface area contributed by atoms with Crippen LogP contribution in [0.25, 0.3) is 0 Å². The lowest BCUT2D eigenvalue weighted by Gasteiger charge is -2.11. The fraction of sp³-hybridized carbons (Fsp3) is 0.385.